The average molecular weight is 315 g/mol. The Bertz CT molecular complexity index is 539. The van der Waals surface area contributed by atoms with Crippen LogP contribution in [0.15, 0.2) is 24.3 Å². The molecule has 0 amide bonds. The molecule has 2 rings (SSSR count). The highest BCUT2D eigenvalue weighted by molar-refractivity contribution is 5.80. The second kappa shape index (κ2) is 6.01. The molecule has 1 aliphatic rings. The van der Waals surface area contributed by atoms with E-state index < -0.39 is 17.3 Å². The number of rotatable bonds is 3. The van der Waals surface area contributed by atoms with Gasteiger partial charge in [0.15, 0.2) is 0 Å². The van der Waals surface area contributed by atoms with Crippen LogP contribution in [0.3, 0.4) is 0 Å². The molecule has 2 unspecified atom stereocenters. The molecule has 1 aromatic rings. The zero-order valence-electron chi connectivity index (χ0n) is 12.7. The Labute approximate surface area is 127 Å². The van der Waals surface area contributed by atoms with Gasteiger partial charge in [-0.05, 0) is 38.2 Å². The summed E-state index contributed by atoms with van der Waals surface area (Å²) in [6, 6.07) is 4.61. The van der Waals surface area contributed by atoms with Gasteiger partial charge < -0.3 is 10.0 Å². The van der Waals surface area contributed by atoms with Crippen LogP contribution in [0.1, 0.15) is 30.4 Å². The van der Waals surface area contributed by atoms with Crippen LogP contribution in [0.2, 0.25) is 0 Å². The number of carbonyl (C=O) groups is 1. The van der Waals surface area contributed by atoms with Gasteiger partial charge in [-0.1, -0.05) is 12.1 Å². The van der Waals surface area contributed by atoms with Crippen LogP contribution in [0.4, 0.5) is 13.2 Å². The number of nitrogens with zero attached hydrogens (tertiary/aromatic N) is 1. The molecular weight excluding hydrogens is 295 g/mol. The quantitative estimate of drug-likeness (QED) is 0.932. The summed E-state index contributed by atoms with van der Waals surface area (Å²) in [5.41, 5.74) is -1.56. The minimum Gasteiger partial charge on any atom is -0.385 e. The molecule has 22 heavy (non-hydrogen) atoms. The first-order valence-electron chi connectivity index (χ1n) is 7.19. The number of Topliss-reactive ketones (excluding diaryl/α,β-unsaturated/α-hetero) is 1. The van der Waals surface area contributed by atoms with Crippen molar-refractivity contribution in [2.75, 3.05) is 20.6 Å². The van der Waals surface area contributed by atoms with E-state index in [9.17, 15) is 23.1 Å². The maximum Gasteiger partial charge on any atom is 0.416 e. The van der Waals surface area contributed by atoms with Crippen molar-refractivity contribution in [2.24, 2.45) is 5.92 Å². The van der Waals surface area contributed by atoms with Gasteiger partial charge in [-0.15, -0.1) is 0 Å². The third-order valence-corrected chi connectivity index (χ3v) is 4.23. The third kappa shape index (κ3) is 3.50. The van der Waals surface area contributed by atoms with E-state index in [-0.39, 0.29) is 31.0 Å². The van der Waals surface area contributed by atoms with E-state index in [1.165, 1.54) is 12.1 Å². The van der Waals surface area contributed by atoms with Crippen molar-refractivity contribution in [3.05, 3.63) is 35.4 Å². The van der Waals surface area contributed by atoms with Gasteiger partial charge in [-0.25, -0.2) is 0 Å². The Morgan fingerprint density at radius 1 is 1.27 bits per heavy atom. The number of aliphatic hydroxyl groups is 1. The summed E-state index contributed by atoms with van der Waals surface area (Å²) < 4.78 is 37.9. The van der Waals surface area contributed by atoms with Gasteiger partial charge in [-0.3, -0.25) is 4.79 Å². The topological polar surface area (TPSA) is 40.5 Å². The van der Waals surface area contributed by atoms with Crippen LogP contribution in [-0.2, 0) is 16.6 Å². The van der Waals surface area contributed by atoms with Crippen molar-refractivity contribution < 1.29 is 23.1 Å². The minimum atomic E-state index is -4.40. The third-order valence-electron chi connectivity index (χ3n) is 4.23. The molecule has 1 fully saturated rings. The van der Waals surface area contributed by atoms with Gasteiger partial charge in [-0.2, -0.15) is 13.2 Å². The zero-order valence-corrected chi connectivity index (χ0v) is 12.7. The molecule has 0 aromatic heterocycles. The zero-order chi connectivity index (χ0) is 16.5. The first kappa shape index (κ1) is 17.0. The summed E-state index contributed by atoms with van der Waals surface area (Å²) in [7, 11) is 3.68. The van der Waals surface area contributed by atoms with E-state index in [1.54, 1.807) is 0 Å². The summed E-state index contributed by atoms with van der Waals surface area (Å²) in [6.45, 7) is 0.503. The van der Waals surface area contributed by atoms with Crippen molar-refractivity contribution in [3.63, 3.8) is 0 Å². The maximum atomic E-state index is 12.6. The number of hydrogen-bond acceptors (Lipinski definition) is 3. The van der Waals surface area contributed by atoms with Gasteiger partial charge in [0.25, 0.3) is 0 Å². The van der Waals surface area contributed by atoms with Gasteiger partial charge in [0.2, 0.25) is 0 Å². The summed E-state index contributed by atoms with van der Waals surface area (Å²) in [4.78, 5) is 13.6. The molecule has 2 atom stereocenters. The molecule has 0 radical (unpaired) electrons. The molecule has 6 heteroatoms. The van der Waals surface area contributed by atoms with E-state index in [1.807, 2.05) is 19.0 Å². The monoisotopic (exact) mass is 315 g/mol. The first-order chi connectivity index (χ1) is 10.1. The lowest BCUT2D eigenvalue weighted by molar-refractivity contribution is -0.137. The number of carbonyl (C=O) groups excluding carboxylic acids is 1. The fraction of sp³-hybridized carbons (Fsp3) is 0.562. The molecule has 0 spiro atoms. The van der Waals surface area contributed by atoms with Crippen LogP contribution >= 0.6 is 0 Å². The fourth-order valence-electron chi connectivity index (χ4n) is 3.06. The summed E-state index contributed by atoms with van der Waals surface area (Å²) in [6.07, 6.45) is -3.65. The SMILES string of the molecule is CN(C)CC1CC(=O)CCC1(O)c1ccc(C(F)(F)F)cc1. The molecule has 0 aliphatic heterocycles. The highest BCUT2D eigenvalue weighted by Gasteiger charge is 2.43. The molecular formula is C16H20F3NO2. The van der Waals surface area contributed by atoms with Gasteiger partial charge in [0.1, 0.15) is 5.78 Å². The van der Waals surface area contributed by atoms with E-state index in [4.69, 9.17) is 0 Å². The molecule has 122 valence electrons. The summed E-state index contributed by atoms with van der Waals surface area (Å²) in [5.74, 6) is -0.232. The number of ketones is 1. The molecule has 3 nitrogen and oxygen atoms in total. The Balaban J connectivity index is 2.32. The summed E-state index contributed by atoms with van der Waals surface area (Å²) in [5, 5.41) is 11.0. The summed E-state index contributed by atoms with van der Waals surface area (Å²) >= 11 is 0. The number of halogens is 3. The van der Waals surface area contributed by atoms with Crippen LogP contribution in [0.5, 0.6) is 0 Å². The lowest BCUT2D eigenvalue weighted by atomic mass is 9.70. The van der Waals surface area contributed by atoms with Crippen molar-refractivity contribution in [3.8, 4) is 0 Å². The highest BCUT2D eigenvalue weighted by Crippen LogP contribution is 2.41. The lowest BCUT2D eigenvalue weighted by Crippen LogP contribution is -2.45. The smallest absolute Gasteiger partial charge is 0.385 e. The predicted octanol–water partition coefficient (Wildman–Crippen LogP) is 2.82. The minimum absolute atomic E-state index is 0.0865. The molecule has 0 saturated heterocycles. The number of alkyl halides is 3. The van der Waals surface area contributed by atoms with E-state index in [0.717, 1.165) is 12.1 Å². The molecule has 0 heterocycles. The van der Waals surface area contributed by atoms with Crippen molar-refractivity contribution >= 4 is 5.78 Å². The molecule has 1 aromatic carbocycles. The molecule has 0 bridgehead atoms. The number of benzene rings is 1. The van der Waals surface area contributed by atoms with E-state index in [2.05, 4.69) is 0 Å². The second-order valence-corrected chi connectivity index (χ2v) is 6.20. The van der Waals surface area contributed by atoms with Gasteiger partial charge in [0, 0.05) is 25.3 Å². The molecule has 1 saturated carbocycles. The lowest BCUT2D eigenvalue weighted by Gasteiger charge is -2.41. The molecule has 1 N–H and O–H groups in total. The van der Waals surface area contributed by atoms with Crippen LogP contribution < -0.4 is 0 Å². The van der Waals surface area contributed by atoms with Crippen molar-refractivity contribution in [2.45, 2.75) is 31.0 Å². The van der Waals surface area contributed by atoms with Crippen molar-refractivity contribution in [1.82, 2.24) is 4.90 Å². The van der Waals surface area contributed by atoms with E-state index >= 15 is 0 Å². The Kier molecular flexibility index (Phi) is 4.63. The highest BCUT2D eigenvalue weighted by atomic mass is 19.4. The molecule has 1 aliphatic carbocycles. The predicted molar refractivity (Wildman–Crippen MR) is 76.2 cm³/mol. The van der Waals surface area contributed by atoms with Gasteiger partial charge >= 0.3 is 6.18 Å². The average Bonchev–Trinajstić information content (AvgIpc) is 2.42. The normalized spacial score (nSPS) is 26.5. The second-order valence-electron chi connectivity index (χ2n) is 6.20. The Hall–Kier alpha value is -1.40. The number of hydrogen-bond donors (Lipinski definition) is 1. The Morgan fingerprint density at radius 2 is 1.86 bits per heavy atom. The van der Waals surface area contributed by atoms with Gasteiger partial charge in [0.05, 0.1) is 11.2 Å². The maximum absolute atomic E-state index is 12.6. The largest absolute Gasteiger partial charge is 0.416 e. The van der Waals surface area contributed by atoms with Crippen molar-refractivity contribution in [1.29, 1.82) is 0 Å². The van der Waals surface area contributed by atoms with Crippen LogP contribution in [-0.4, -0.2) is 36.4 Å². The van der Waals surface area contributed by atoms with E-state index in [0.29, 0.717) is 12.1 Å². The first-order valence-corrected chi connectivity index (χ1v) is 7.19. The van der Waals surface area contributed by atoms with Crippen LogP contribution in [0, 0.1) is 5.92 Å². The fourth-order valence-corrected chi connectivity index (χ4v) is 3.06. The standard InChI is InChI=1S/C16H20F3NO2/c1-20(2)10-13-9-14(21)7-8-15(13,22)11-3-5-12(6-4-11)16(17,18)19/h3-6,13,22H,7-10H2,1-2H3. The van der Waals surface area contributed by atoms with Crippen LogP contribution in [0.25, 0.3) is 0 Å². The Morgan fingerprint density at radius 3 is 2.36 bits per heavy atom.